The van der Waals surface area contributed by atoms with Gasteiger partial charge in [0, 0.05) is 12.1 Å². The van der Waals surface area contributed by atoms with Crippen molar-refractivity contribution in [2.45, 2.75) is 18.9 Å². The Hall–Kier alpha value is -3.13. The molecule has 1 heterocycles. The van der Waals surface area contributed by atoms with Crippen molar-refractivity contribution in [2.75, 3.05) is 13.1 Å². The first-order valence-electron chi connectivity index (χ1n) is 8.32. The number of carbonyl (C=O) groups is 2. The number of hydrogen-bond donors (Lipinski definition) is 1. The first kappa shape index (κ1) is 16.7. The Labute approximate surface area is 146 Å². The van der Waals surface area contributed by atoms with Crippen molar-refractivity contribution in [2.24, 2.45) is 0 Å². The van der Waals surface area contributed by atoms with Gasteiger partial charge < -0.3 is 10.2 Å². The molecule has 1 saturated heterocycles. The smallest absolute Gasteiger partial charge is 0.251 e. The van der Waals surface area contributed by atoms with Gasteiger partial charge in [-0.15, -0.1) is 0 Å². The predicted molar refractivity (Wildman–Crippen MR) is 93.6 cm³/mol. The summed E-state index contributed by atoms with van der Waals surface area (Å²) in [6.07, 6.45) is 1.91. The zero-order chi connectivity index (χ0) is 17.6. The lowest BCUT2D eigenvalue weighted by Crippen LogP contribution is -2.39. The van der Waals surface area contributed by atoms with E-state index in [1.807, 2.05) is 41.3 Å². The average molecular weight is 333 g/mol. The Morgan fingerprint density at radius 3 is 2.52 bits per heavy atom. The molecule has 25 heavy (non-hydrogen) atoms. The van der Waals surface area contributed by atoms with Crippen LogP contribution in [0.4, 0.5) is 0 Å². The van der Waals surface area contributed by atoms with Crippen LogP contribution in [0, 0.1) is 11.3 Å². The molecule has 2 aromatic carbocycles. The topological polar surface area (TPSA) is 73.2 Å². The molecule has 0 saturated carbocycles. The van der Waals surface area contributed by atoms with Gasteiger partial charge in [-0.2, -0.15) is 5.26 Å². The van der Waals surface area contributed by atoms with Crippen LogP contribution >= 0.6 is 0 Å². The second kappa shape index (κ2) is 7.63. The maximum Gasteiger partial charge on any atom is 0.251 e. The molecule has 1 atom stereocenters. The molecule has 0 bridgehead atoms. The van der Waals surface area contributed by atoms with Gasteiger partial charge in [-0.1, -0.05) is 30.3 Å². The molecule has 0 unspecified atom stereocenters. The zero-order valence-corrected chi connectivity index (χ0v) is 13.8. The Balaban J connectivity index is 1.60. The predicted octanol–water partition coefficient (Wildman–Crippen LogP) is 2.65. The molecule has 1 N–H and O–H groups in total. The number of amides is 2. The lowest BCUT2D eigenvalue weighted by atomic mass is 10.0. The van der Waals surface area contributed by atoms with E-state index in [9.17, 15) is 9.59 Å². The molecule has 2 amide bonds. The molecule has 0 spiro atoms. The number of nitriles is 1. The Morgan fingerprint density at radius 2 is 1.84 bits per heavy atom. The summed E-state index contributed by atoms with van der Waals surface area (Å²) in [5.41, 5.74) is 2.06. The highest BCUT2D eigenvalue weighted by Gasteiger charge is 2.29. The van der Waals surface area contributed by atoms with Gasteiger partial charge in [-0.3, -0.25) is 9.59 Å². The summed E-state index contributed by atoms with van der Waals surface area (Å²) in [5, 5.41) is 11.5. The molecule has 5 nitrogen and oxygen atoms in total. The molecular formula is C20H19N3O2. The summed E-state index contributed by atoms with van der Waals surface area (Å²) in [6, 6.07) is 18.4. The van der Waals surface area contributed by atoms with Gasteiger partial charge in [0.05, 0.1) is 24.2 Å². The summed E-state index contributed by atoms with van der Waals surface area (Å²) < 4.78 is 0. The normalized spacial score (nSPS) is 16.3. The third-order valence-corrected chi connectivity index (χ3v) is 4.43. The minimum atomic E-state index is -0.312. The van der Waals surface area contributed by atoms with Gasteiger partial charge in [0.1, 0.15) is 0 Å². The van der Waals surface area contributed by atoms with Gasteiger partial charge in [0.25, 0.3) is 5.91 Å². The van der Waals surface area contributed by atoms with E-state index in [2.05, 4.69) is 5.32 Å². The minimum Gasteiger partial charge on any atom is -0.343 e. The van der Waals surface area contributed by atoms with Crippen LogP contribution < -0.4 is 5.32 Å². The van der Waals surface area contributed by atoms with Gasteiger partial charge >= 0.3 is 0 Å². The van der Waals surface area contributed by atoms with E-state index in [1.165, 1.54) is 0 Å². The monoisotopic (exact) mass is 333 g/mol. The maximum atomic E-state index is 12.5. The fraction of sp³-hybridized carbons (Fsp3) is 0.250. The van der Waals surface area contributed by atoms with Crippen molar-refractivity contribution >= 4 is 11.8 Å². The second-order valence-electron chi connectivity index (χ2n) is 6.03. The molecule has 0 aliphatic carbocycles. The van der Waals surface area contributed by atoms with Crippen molar-refractivity contribution in [3.05, 3.63) is 71.3 Å². The van der Waals surface area contributed by atoms with E-state index in [-0.39, 0.29) is 24.4 Å². The Morgan fingerprint density at radius 1 is 1.12 bits per heavy atom. The Bertz CT molecular complexity index is 794. The van der Waals surface area contributed by atoms with Crippen molar-refractivity contribution in [3.63, 3.8) is 0 Å². The first-order valence-corrected chi connectivity index (χ1v) is 8.32. The Kier molecular flexibility index (Phi) is 5.10. The second-order valence-corrected chi connectivity index (χ2v) is 6.03. The van der Waals surface area contributed by atoms with Crippen molar-refractivity contribution in [1.29, 1.82) is 5.26 Å². The molecule has 0 radical (unpaired) electrons. The fourth-order valence-electron chi connectivity index (χ4n) is 3.14. The number of nitrogens with one attached hydrogen (secondary N) is 1. The average Bonchev–Trinajstić information content (AvgIpc) is 3.16. The largest absolute Gasteiger partial charge is 0.343 e. The quantitative estimate of drug-likeness (QED) is 0.935. The maximum absolute atomic E-state index is 12.5. The summed E-state index contributed by atoms with van der Waals surface area (Å²) in [5.74, 6) is -0.387. The number of carbonyl (C=O) groups excluding carboxylic acids is 2. The van der Waals surface area contributed by atoms with Crippen molar-refractivity contribution in [3.8, 4) is 6.07 Å². The number of nitrogens with zero attached hydrogens (tertiary/aromatic N) is 2. The molecule has 1 aliphatic heterocycles. The lowest BCUT2D eigenvalue weighted by Gasteiger charge is -2.25. The number of rotatable bonds is 4. The molecule has 3 rings (SSSR count). The van der Waals surface area contributed by atoms with E-state index in [4.69, 9.17) is 5.26 Å². The number of hydrogen-bond acceptors (Lipinski definition) is 3. The molecule has 1 fully saturated rings. The zero-order valence-electron chi connectivity index (χ0n) is 13.8. The number of likely N-dealkylation sites (tertiary alicyclic amines) is 1. The SMILES string of the molecule is N#Cc1ccc(C(=O)NCC(=O)N2CCC[C@H]2c2ccccc2)cc1. The molecule has 0 aromatic heterocycles. The lowest BCUT2D eigenvalue weighted by molar-refractivity contribution is -0.131. The highest BCUT2D eigenvalue weighted by atomic mass is 16.2. The van der Waals surface area contributed by atoms with E-state index in [0.717, 1.165) is 18.4 Å². The van der Waals surface area contributed by atoms with Gasteiger partial charge in [-0.05, 0) is 42.7 Å². The fourth-order valence-corrected chi connectivity index (χ4v) is 3.14. The van der Waals surface area contributed by atoms with Crippen LogP contribution in [0.1, 0.15) is 40.4 Å². The van der Waals surface area contributed by atoms with Crippen LogP contribution in [0.25, 0.3) is 0 Å². The van der Waals surface area contributed by atoms with Crippen LogP contribution in [0.3, 0.4) is 0 Å². The van der Waals surface area contributed by atoms with Gasteiger partial charge in [0.15, 0.2) is 0 Å². The summed E-state index contributed by atoms with van der Waals surface area (Å²) in [6.45, 7) is 0.688. The first-order chi connectivity index (χ1) is 12.2. The number of benzene rings is 2. The van der Waals surface area contributed by atoms with Crippen LogP contribution in [0.2, 0.25) is 0 Å². The molecule has 5 heteroatoms. The molecule has 126 valence electrons. The summed E-state index contributed by atoms with van der Waals surface area (Å²) in [7, 11) is 0. The van der Waals surface area contributed by atoms with E-state index < -0.39 is 0 Å². The van der Waals surface area contributed by atoms with Crippen molar-refractivity contribution in [1.82, 2.24) is 10.2 Å². The van der Waals surface area contributed by atoms with Crippen LogP contribution in [0.5, 0.6) is 0 Å². The van der Waals surface area contributed by atoms with Crippen LogP contribution in [0.15, 0.2) is 54.6 Å². The molecular weight excluding hydrogens is 314 g/mol. The van der Waals surface area contributed by atoms with Gasteiger partial charge in [0.2, 0.25) is 5.91 Å². The van der Waals surface area contributed by atoms with Crippen LogP contribution in [-0.2, 0) is 4.79 Å². The third kappa shape index (κ3) is 3.86. The molecule has 2 aromatic rings. The summed E-state index contributed by atoms with van der Waals surface area (Å²) in [4.78, 5) is 26.5. The van der Waals surface area contributed by atoms with Crippen LogP contribution in [-0.4, -0.2) is 29.8 Å². The third-order valence-electron chi connectivity index (χ3n) is 4.43. The minimum absolute atomic E-state index is 0.0256. The van der Waals surface area contributed by atoms with E-state index in [1.54, 1.807) is 24.3 Å². The van der Waals surface area contributed by atoms with Crippen molar-refractivity contribution < 1.29 is 9.59 Å². The highest BCUT2D eigenvalue weighted by Crippen LogP contribution is 2.31. The van der Waals surface area contributed by atoms with E-state index in [0.29, 0.717) is 17.7 Å². The molecule has 1 aliphatic rings. The standard InChI is InChI=1S/C20H19N3O2/c21-13-15-8-10-17(11-9-15)20(25)22-14-19(24)23-12-4-7-18(23)16-5-2-1-3-6-16/h1-3,5-6,8-11,18H,4,7,12,14H2,(H,22,25)/t18-/m0/s1. The van der Waals surface area contributed by atoms with E-state index >= 15 is 0 Å². The van der Waals surface area contributed by atoms with Gasteiger partial charge in [-0.25, -0.2) is 0 Å². The summed E-state index contributed by atoms with van der Waals surface area (Å²) >= 11 is 0. The highest BCUT2D eigenvalue weighted by molar-refractivity contribution is 5.96.